The average molecular weight is 173 g/mol. The van der Waals surface area contributed by atoms with E-state index >= 15 is 0 Å². The molecule has 0 aromatic carbocycles. The summed E-state index contributed by atoms with van der Waals surface area (Å²) in [6, 6.07) is 0. The second-order valence-corrected chi connectivity index (χ2v) is 2.70. The molecule has 0 bridgehead atoms. The molecule has 12 heavy (non-hydrogen) atoms. The maximum absolute atomic E-state index is 10.9. The monoisotopic (exact) mass is 173 g/mol. The summed E-state index contributed by atoms with van der Waals surface area (Å²) in [5.41, 5.74) is 5.63. The number of nitrogens with one attached hydrogen (secondary N) is 2. The van der Waals surface area contributed by atoms with Gasteiger partial charge >= 0.3 is 5.97 Å². The molecule has 0 aromatic heterocycles. The van der Waals surface area contributed by atoms with Gasteiger partial charge in [-0.15, -0.1) is 0 Å². The van der Waals surface area contributed by atoms with Gasteiger partial charge in [0.1, 0.15) is 6.17 Å². The Hall–Kier alpha value is -0.650. The molecule has 0 aromatic rings. The molecule has 1 heterocycles. The molecule has 1 unspecified atom stereocenters. The molecule has 1 saturated heterocycles. The summed E-state index contributed by atoms with van der Waals surface area (Å²) in [6.07, 6.45) is -0.300. The third-order valence-corrected chi connectivity index (χ3v) is 1.72. The highest BCUT2D eigenvalue weighted by molar-refractivity contribution is 5.69. The number of esters is 1. The van der Waals surface area contributed by atoms with E-state index in [4.69, 9.17) is 10.5 Å². The zero-order valence-electron chi connectivity index (χ0n) is 7.17. The van der Waals surface area contributed by atoms with Gasteiger partial charge in [0.15, 0.2) is 6.23 Å². The van der Waals surface area contributed by atoms with E-state index in [0.29, 0.717) is 6.42 Å². The van der Waals surface area contributed by atoms with Gasteiger partial charge in [-0.05, 0) is 0 Å². The first-order valence-electron chi connectivity index (χ1n) is 4.16. The van der Waals surface area contributed by atoms with Gasteiger partial charge in [0.2, 0.25) is 0 Å². The van der Waals surface area contributed by atoms with E-state index in [9.17, 15) is 4.79 Å². The lowest BCUT2D eigenvalue weighted by Crippen LogP contribution is -2.61. The number of nitrogens with two attached hydrogens (primary N) is 1. The molecule has 5 heteroatoms. The number of carbonyl (C=O) groups excluding carboxylic acids is 1. The number of piperazine rings is 1. The van der Waals surface area contributed by atoms with Gasteiger partial charge < -0.3 is 10.5 Å². The molecule has 2 atom stereocenters. The third kappa shape index (κ3) is 2.44. The Bertz CT molecular complexity index is 163. The smallest absolute Gasteiger partial charge is 0.307 e. The van der Waals surface area contributed by atoms with Crippen molar-refractivity contribution in [1.29, 1.82) is 0 Å². The summed E-state index contributed by atoms with van der Waals surface area (Å²) in [7, 11) is 0. The van der Waals surface area contributed by atoms with Gasteiger partial charge in [0.25, 0.3) is 0 Å². The summed E-state index contributed by atoms with van der Waals surface area (Å²) >= 11 is 0. The lowest BCUT2D eigenvalue weighted by atomic mass is 10.3. The van der Waals surface area contributed by atoms with Crippen LogP contribution >= 0.6 is 0 Å². The maximum atomic E-state index is 10.9. The predicted molar refractivity (Wildman–Crippen MR) is 44.2 cm³/mol. The maximum Gasteiger partial charge on any atom is 0.307 e. The standard InChI is InChI=1S/C7H15N3O2/c1-2-5(11)12-7-6(8)9-3-4-10-7/h6-7,9-10H,2-4,8H2,1H3/t6-,7?/m0/s1. The summed E-state index contributed by atoms with van der Waals surface area (Å²) < 4.78 is 5.02. The van der Waals surface area contributed by atoms with Crippen LogP contribution in [-0.4, -0.2) is 31.5 Å². The quantitative estimate of drug-likeness (QED) is 0.455. The van der Waals surface area contributed by atoms with Crippen LogP contribution in [0.4, 0.5) is 0 Å². The molecule has 0 spiro atoms. The summed E-state index contributed by atoms with van der Waals surface area (Å²) in [5, 5.41) is 6.00. The molecular formula is C7H15N3O2. The number of hydrogen-bond acceptors (Lipinski definition) is 5. The topological polar surface area (TPSA) is 76.4 Å². The van der Waals surface area contributed by atoms with Crippen molar-refractivity contribution in [3.8, 4) is 0 Å². The van der Waals surface area contributed by atoms with Crippen LogP contribution in [0.1, 0.15) is 13.3 Å². The molecule has 70 valence electrons. The SMILES string of the molecule is CCC(=O)OC1NCCN[C@@H]1N. The van der Waals surface area contributed by atoms with Crippen molar-refractivity contribution >= 4 is 5.97 Å². The highest BCUT2D eigenvalue weighted by atomic mass is 16.6. The Balaban J connectivity index is 2.33. The molecule has 1 aliphatic heterocycles. The van der Waals surface area contributed by atoms with E-state index in [1.165, 1.54) is 0 Å². The summed E-state index contributed by atoms with van der Waals surface area (Å²) in [4.78, 5) is 10.9. The molecule has 0 saturated carbocycles. The van der Waals surface area contributed by atoms with Crippen molar-refractivity contribution in [3.63, 3.8) is 0 Å². The predicted octanol–water partition coefficient (Wildman–Crippen LogP) is -1.26. The van der Waals surface area contributed by atoms with Crippen molar-refractivity contribution in [2.75, 3.05) is 13.1 Å². The first-order valence-corrected chi connectivity index (χ1v) is 4.16. The largest absolute Gasteiger partial charge is 0.443 e. The minimum Gasteiger partial charge on any atom is -0.443 e. The lowest BCUT2D eigenvalue weighted by Gasteiger charge is -2.30. The van der Waals surface area contributed by atoms with E-state index in [1.54, 1.807) is 6.92 Å². The van der Waals surface area contributed by atoms with Crippen LogP contribution in [0, 0.1) is 0 Å². The Kier molecular flexibility index (Phi) is 3.46. The molecule has 0 aliphatic carbocycles. The van der Waals surface area contributed by atoms with Gasteiger partial charge in [-0.25, -0.2) is 0 Å². The highest BCUT2D eigenvalue weighted by Gasteiger charge is 2.23. The van der Waals surface area contributed by atoms with Crippen LogP contribution in [0.2, 0.25) is 0 Å². The minimum absolute atomic E-state index is 0.230. The number of ether oxygens (including phenoxy) is 1. The summed E-state index contributed by atoms with van der Waals surface area (Å²) in [6.45, 7) is 3.33. The van der Waals surface area contributed by atoms with Gasteiger partial charge in [-0.1, -0.05) is 6.92 Å². The van der Waals surface area contributed by atoms with Crippen molar-refractivity contribution in [3.05, 3.63) is 0 Å². The molecule has 1 rings (SSSR count). The molecule has 1 aliphatic rings. The Morgan fingerprint density at radius 1 is 1.58 bits per heavy atom. The van der Waals surface area contributed by atoms with Crippen LogP contribution in [0.5, 0.6) is 0 Å². The highest BCUT2D eigenvalue weighted by Crippen LogP contribution is 1.97. The Labute approximate surface area is 71.6 Å². The fraction of sp³-hybridized carbons (Fsp3) is 0.857. The normalized spacial score (nSPS) is 29.8. The van der Waals surface area contributed by atoms with Crippen molar-refractivity contribution in [2.24, 2.45) is 5.73 Å². The van der Waals surface area contributed by atoms with E-state index in [1.807, 2.05) is 0 Å². The van der Waals surface area contributed by atoms with Gasteiger partial charge in [0, 0.05) is 19.5 Å². The Morgan fingerprint density at radius 3 is 2.83 bits per heavy atom. The second kappa shape index (κ2) is 4.39. The van der Waals surface area contributed by atoms with E-state index < -0.39 is 0 Å². The van der Waals surface area contributed by atoms with Crippen LogP contribution in [0.25, 0.3) is 0 Å². The van der Waals surface area contributed by atoms with Gasteiger partial charge in [-0.2, -0.15) is 0 Å². The van der Waals surface area contributed by atoms with Gasteiger partial charge in [-0.3, -0.25) is 15.4 Å². The Morgan fingerprint density at radius 2 is 2.25 bits per heavy atom. The van der Waals surface area contributed by atoms with E-state index in [-0.39, 0.29) is 18.4 Å². The van der Waals surface area contributed by atoms with E-state index in [0.717, 1.165) is 13.1 Å². The van der Waals surface area contributed by atoms with Crippen LogP contribution in [0.3, 0.4) is 0 Å². The van der Waals surface area contributed by atoms with Crippen LogP contribution in [-0.2, 0) is 9.53 Å². The number of carbonyl (C=O) groups is 1. The molecule has 0 radical (unpaired) electrons. The summed E-state index contributed by atoms with van der Waals surface area (Å²) in [5.74, 6) is -0.230. The molecular weight excluding hydrogens is 158 g/mol. The number of rotatable bonds is 2. The average Bonchev–Trinajstić information content (AvgIpc) is 2.09. The first-order chi connectivity index (χ1) is 5.74. The zero-order chi connectivity index (χ0) is 8.97. The van der Waals surface area contributed by atoms with Crippen LogP contribution < -0.4 is 16.4 Å². The van der Waals surface area contributed by atoms with E-state index in [2.05, 4.69) is 10.6 Å². The minimum atomic E-state index is -0.383. The molecule has 0 amide bonds. The molecule has 4 N–H and O–H groups in total. The van der Waals surface area contributed by atoms with Crippen LogP contribution in [0.15, 0.2) is 0 Å². The van der Waals surface area contributed by atoms with Crippen molar-refractivity contribution in [2.45, 2.75) is 25.7 Å². The zero-order valence-corrected chi connectivity index (χ0v) is 7.17. The molecule has 5 nitrogen and oxygen atoms in total. The molecule has 1 fully saturated rings. The lowest BCUT2D eigenvalue weighted by molar-refractivity contribution is -0.152. The van der Waals surface area contributed by atoms with Gasteiger partial charge in [0.05, 0.1) is 0 Å². The van der Waals surface area contributed by atoms with Crippen molar-refractivity contribution < 1.29 is 9.53 Å². The van der Waals surface area contributed by atoms with Crippen molar-refractivity contribution in [1.82, 2.24) is 10.6 Å². The number of hydrogen-bond donors (Lipinski definition) is 3. The second-order valence-electron chi connectivity index (χ2n) is 2.70. The fourth-order valence-electron chi connectivity index (χ4n) is 1.03. The third-order valence-electron chi connectivity index (χ3n) is 1.72. The fourth-order valence-corrected chi connectivity index (χ4v) is 1.03. The first kappa shape index (κ1) is 9.44.